The molecule has 1 unspecified atom stereocenters. The van der Waals surface area contributed by atoms with Crippen molar-refractivity contribution in [3.63, 3.8) is 0 Å². The molecule has 1 aliphatic heterocycles. The Morgan fingerprint density at radius 1 is 1.47 bits per heavy atom. The lowest BCUT2D eigenvalue weighted by Crippen LogP contribution is -2.38. The van der Waals surface area contributed by atoms with Gasteiger partial charge >= 0.3 is 0 Å². The number of nitrogens with zero attached hydrogens (tertiary/aromatic N) is 1. The molecular weight excluding hydrogens is 236 g/mol. The smallest absolute Gasteiger partial charge is 0.0698 e. The van der Waals surface area contributed by atoms with Crippen molar-refractivity contribution in [3.05, 3.63) is 28.8 Å². The van der Waals surface area contributed by atoms with Gasteiger partial charge in [0.1, 0.15) is 0 Å². The van der Waals surface area contributed by atoms with E-state index in [2.05, 4.69) is 4.90 Å². The zero-order valence-corrected chi connectivity index (χ0v) is 10.9. The molecule has 0 radical (unpaired) electrons. The van der Waals surface area contributed by atoms with E-state index >= 15 is 0 Å². The Bertz CT molecular complexity index is 363. The molecule has 4 heteroatoms. The van der Waals surface area contributed by atoms with Crippen LogP contribution in [0.25, 0.3) is 0 Å². The third-order valence-corrected chi connectivity index (χ3v) is 3.40. The zero-order chi connectivity index (χ0) is 12.3. The third kappa shape index (κ3) is 3.60. The average molecular weight is 255 g/mol. The van der Waals surface area contributed by atoms with Crippen molar-refractivity contribution in [2.75, 3.05) is 25.9 Å². The summed E-state index contributed by atoms with van der Waals surface area (Å²) < 4.78 is 5.41. The molecule has 2 N–H and O–H groups in total. The van der Waals surface area contributed by atoms with Gasteiger partial charge in [0, 0.05) is 30.9 Å². The monoisotopic (exact) mass is 254 g/mol. The van der Waals surface area contributed by atoms with Gasteiger partial charge in [-0.3, -0.25) is 4.90 Å². The summed E-state index contributed by atoms with van der Waals surface area (Å²) in [5, 5.41) is 0.709. The van der Waals surface area contributed by atoms with Crippen molar-refractivity contribution in [2.45, 2.75) is 25.5 Å². The minimum absolute atomic E-state index is 0.361. The molecule has 0 bridgehead atoms. The number of likely N-dealkylation sites (tertiary alicyclic amines) is 1. The number of nitrogen functional groups attached to an aromatic ring is 1. The van der Waals surface area contributed by atoms with Crippen LogP contribution in [0.1, 0.15) is 18.4 Å². The number of halogens is 1. The van der Waals surface area contributed by atoms with Crippen molar-refractivity contribution < 1.29 is 4.74 Å². The predicted molar refractivity (Wildman–Crippen MR) is 71.2 cm³/mol. The first-order valence-corrected chi connectivity index (χ1v) is 6.35. The molecule has 2 rings (SSSR count). The molecule has 3 nitrogen and oxygen atoms in total. The van der Waals surface area contributed by atoms with Crippen molar-refractivity contribution >= 4 is 17.3 Å². The lowest BCUT2D eigenvalue weighted by Gasteiger charge is -2.31. The van der Waals surface area contributed by atoms with Crippen LogP contribution in [0.3, 0.4) is 0 Å². The van der Waals surface area contributed by atoms with Gasteiger partial charge in [0.15, 0.2) is 0 Å². The van der Waals surface area contributed by atoms with Crippen LogP contribution in [-0.4, -0.2) is 31.2 Å². The molecule has 17 heavy (non-hydrogen) atoms. The van der Waals surface area contributed by atoms with Crippen molar-refractivity contribution in [1.29, 1.82) is 0 Å². The fraction of sp³-hybridized carbons (Fsp3) is 0.538. The van der Waals surface area contributed by atoms with E-state index in [1.807, 2.05) is 12.1 Å². The van der Waals surface area contributed by atoms with Gasteiger partial charge in [0.05, 0.1) is 6.10 Å². The van der Waals surface area contributed by atoms with Gasteiger partial charge in [-0.25, -0.2) is 0 Å². The summed E-state index contributed by atoms with van der Waals surface area (Å²) in [6.45, 7) is 3.00. The van der Waals surface area contributed by atoms with Gasteiger partial charge in [0.2, 0.25) is 0 Å². The van der Waals surface area contributed by atoms with Crippen LogP contribution in [0.2, 0.25) is 5.02 Å². The highest BCUT2D eigenvalue weighted by molar-refractivity contribution is 6.30. The van der Waals surface area contributed by atoms with E-state index in [0.717, 1.165) is 31.7 Å². The van der Waals surface area contributed by atoms with Crippen LogP contribution in [0.5, 0.6) is 0 Å². The summed E-state index contributed by atoms with van der Waals surface area (Å²) in [6, 6.07) is 5.75. The second kappa shape index (κ2) is 5.71. The van der Waals surface area contributed by atoms with E-state index in [9.17, 15) is 0 Å². The van der Waals surface area contributed by atoms with E-state index in [1.165, 1.54) is 12.0 Å². The maximum Gasteiger partial charge on any atom is 0.0698 e. The minimum Gasteiger partial charge on any atom is -0.399 e. The first-order valence-electron chi connectivity index (χ1n) is 5.97. The quantitative estimate of drug-likeness (QED) is 0.843. The van der Waals surface area contributed by atoms with Gasteiger partial charge < -0.3 is 10.5 Å². The number of piperidine rings is 1. The molecule has 94 valence electrons. The predicted octanol–water partition coefficient (Wildman–Crippen LogP) is 2.53. The largest absolute Gasteiger partial charge is 0.399 e. The minimum atomic E-state index is 0.361. The Balaban J connectivity index is 2.00. The third-order valence-electron chi connectivity index (χ3n) is 3.18. The number of methoxy groups -OCH3 is 1. The van der Waals surface area contributed by atoms with Crippen LogP contribution in [-0.2, 0) is 11.3 Å². The standard InChI is InChI=1S/C13H19ClN2O/c1-17-13-3-2-4-16(9-13)8-10-5-11(14)7-12(15)6-10/h5-7,13H,2-4,8-9,15H2,1H3. The van der Waals surface area contributed by atoms with Crippen LogP contribution in [0.15, 0.2) is 18.2 Å². The Labute approximate surface area is 107 Å². The zero-order valence-electron chi connectivity index (χ0n) is 10.2. The second-order valence-electron chi connectivity index (χ2n) is 4.63. The van der Waals surface area contributed by atoms with Gasteiger partial charge in [-0.2, -0.15) is 0 Å². The van der Waals surface area contributed by atoms with Gasteiger partial charge in [-0.1, -0.05) is 11.6 Å². The molecule has 1 fully saturated rings. The number of hydrogen-bond donors (Lipinski definition) is 1. The van der Waals surface area contributed by atoms with Gasteiger partial charge in [-0.05, 0) is 43.1 Å². The highest BCUT2D eigenvalue weighted by atomic mass is 35.5. The molecule has 0 aromatic heterocycles. The summed E-state index contributed by atoms with van der Waals surface area (Å²) in [5.41, 5.74) is 7.69. The lowest BCUT2D eigenvalue weighted by atomic mass is 10.1. The molecule has 0 aliphatic carbocycles. The fourth-order valence-electron chi connectivity index (χ4n) is 2.37. The van der Waals surface area contributed by atoms with Gasteiger partial charge in [-0.15, -0.1) is 0 Å². The Kier molecular flexibility index (Phi) is 4.26. The highest BCUT2D eigenvalue weighted by Gasteiger charge is 2.19. The number of ether oxygens (including phenoxy) is 1. The SMILES string of the molecule is COC1CCCN(Cc2cc(N)cc(Cl)c2)C1. The number of rotatable bonds is 3. The first-order chi connectivity index (χ1) is 8.17. The molecule has 1 aromatic carbocycles. The average Bonchev–Trinajstić information content (AvgIpc) is 2.28. The van der Waals surface area contributed by atoms with Crippen molar-refractivity contribution in [2.24, 2.45) is 0 Å². The molecule has 0 saturated carbocycles. The summed E-state index contributed by atoms with van der Waals surface area (Å²) in [7, 11) is 1.78. The van der Waals surface area contributed by atoms with Crippen LogP contribution < -0.4 is 5.73 Å². The maximum atomic E-state index is 6.00. The number of hydrogen-bond acceptors (Lipinski definition) is 3. The molecule has 1 heterocycles. The molecule has 0 spiro atoms. The van der Waals surface area contributed by atoms with Crippen molar-refractivity contribution in [1.82, 2.24) is 4.90 Å². The summed E-state index contributed by atoms with van der Waals surface area (Å²) >= 11 is 6.00. The van der Waals surface area contributed by atoms with Gasteiger partial charge in [0.25, 0.3) is 0 Å². The second-order valence-corrected chi connectivity index (χ2v) is 5.06. The summed E-state index contributed by atoms with van der Waals surface area (Å²) in [4.78, 5) is 2.39. The molecule has 1 saturated heterocycles. The van der Waals surface area contributed by atoms with Crippen molar-refractivity contribution in [3.8, 4) is 0 Å². The number of nitrogens with two attached hydrogens (primary N) is 1. The first kappa shape index (κ1) is 12.7. The van der Waals surface area contributed by atoms with E-state index < -0.39 is 0 Å². The summed E-state index contributed by atoms with van der Waals surface area (Å²) in [5.74, 6) is 0. The van der Waals surface area contributed by atoms with Crippen LogP contribution in [0.4, 0.5) is 5.69 Å². The van der Waals surface area contributed by atoms with Crippen LogP contribution in [0, 0.1) is 0 Å². The van der Waals surface area contributed by atoms with Crippen LogP contribution >= 0.6 is 11.6 Å². The molecule has 1 atom stereocenters. The van der Waals surface area contributed by atoms with E-state index in [4.69, 9.17) is 22.1 Å². The van der Waals surface area contributed by atoms with E-state index in [1.54, 1.807) is 13.2 Å². The maximum absolute atomic E-state index is 6.00. The fourth-order valence-corrected chi connectivity index (χ4v) is 2.64. The Morgan fingerprint density at radius 3 is 3.00 bits per heavy atom. The number of benzene rings is 1. The summed E-state index contributed by atoms with van der Waals surface area (Å²) in [6.07, 6.45) is 2.71. The van der Waals surface area contributed by atoms with E-state index in [-0.39, 0.29) is 0 Å². The Hall–Kier alpha value is -0.770. The molecule has 1 aliphatic rings. The molecule has 1 aromatic rings. The number of anilines is 1. The molecule has 0 amide bonds. The highest BCUT2D eigenvalue weighted by Crippen LogP contribution is 2.20. The van der Waals surface area contributed by atoms with E-state index in [0.29, 0.717) is 11.1 Å². The Morgan fingerprint density at radius 2 is 2.29 bits per heavy atom. The topological polar surface area (TPSA) is 38.5 Å². The molecular formula is C13H19ClN2O. The normalized spacial score (nSPS) is 21.6. The lowest BCUT2D eigenvalue weighted by molar-refractivity contribution is 0.0285.